The van der Waals surface area contributed by atoms with Crippen LogP contribution in [0.3, 0.4) is 0 Å². The summed E-state index contributed by atoms with van der Waals surface area (Å²) in [5.41, 5.74) is 0.849. The lowest BCUT2D eigenvalue weighted by molar-refractivity contribution is -0.384. The van der Waals surface area contributed by atoms with Crippen LogP contribution in [-0.2, 0) is 11.2 Å². The molecule has 6 nitrogen and oxygen atoms in total. The van der Waals surface area contributed by atoms with Gasteiger partial charge in [-0.1, -0.05) is 15.9 Å². The van der Waals surface area contributed by atoms with Crippen molar-refractivity contribution < 1.29 is 14.8 Å². The van der Waals surface area contributed by atoms with E-state index in [1.807, 2.05) is 0 Å². The number of fused-ring (bicyclic) bond motifs is 1. The second-order valence-electron chi connectivity index (χ2n) is 3.46. The van der Waals surface area contributed by atoms with E-state index in [1.165, 1.54) is 6.07 Å². The standard InChI is InChI=1S/C9H7BrN2O4/c10-5-1-4-2-6(9(13)14)11-8(4)7(3-5)12(15)16/h1,3,6,11H,2H2,(H,13,14). The van der Waals surface area contributed by atoms with Crippen LogP contribution >= 0.6 is 15.9 Å². The molecule has 1 aliphatic heterocycles. The summed E-state index contributed by atoms with van der Waals surface area (Å²) in [5.74, 6) is -1.01. The molecule has 1 aliphatic rings. The van der Waals surface area contributed by atoms with Crippen molar-refractivity contribution in [2.45, 2.75) is 12.5 Å². The minimum atomic E-state index is -1.01. The molecule has 0 aliphatic carbocycles. The number of carbonyl (C=O) groups is 1. The van der Waals surface area contributed by atoms with Gasteiger partial charge in [0, 0.05) is 17.0 Å². The SMILES string of the molecule is O=C(O)C1Cc2cc(Br)cc([N+](=O)[O-])c2N1. The lowest BCUT2D eigenvalue weighted by Gasteiger charge is -2.04. The molecular formula is C9H7BrN2O4. The van der Waals surface area contributed by atoms with E-state index in [1.54, 1.807) is 6.07 Å². The van der Waals surface area contributed by atoms with Crippen molar-refractivity contribution in [3.05, 3.63) is 32.3 Å². The van der Waals surface area contributed by atoms with Gasteiger partial charge in [0.15, 0.2) is 0 Å². The molecule has 0 fully saturated rings. The number of nitro groups is 1. The summed E-state index contributed by atoms with van der Waals surface area (Å²) >= 11 is 3.16. The number of benzene rings is 1. The molecular weight excluding hydrogens is 280 g/mol. The fourth-order valence-electron chi connectivity index (χ4n) is 1.71. The Morgan fingerprint density at radius 3 is 2.88 bits per heavy atom. The summed E-state index contributed by atoms with van der Waals surface area (Å²) in [4.78, 5) is 21.1. The number of rotatable bonds is 2. The van der Waals surface area contributed by atoms with Gasteiger partial charge < -0.3 is 10.4 Å². The third kappa shape index (κ3) is 1.73. The van der Waals surface area contributed by atoms with Crippen molar-refractivity contribution in [1.29, 1.82) is 0 Å². The van der Waals surface area contributed by atoms with Crippen molar-refractivity contribution in [1.82, 2.24) is 0 Å². The number of halogens is 1. The third-order valence-corrected chi connectivity index (χ3v) is 2.86. The molecule has 7 heteroatoms. The fraction of sp³-hybridized carbons (Fsp3) is 0.222. The van der Waals surface area contributed by atoms with Crippen molar-refractivity contribution in [3.63, 3.8) is 0 Å². The van der Waals surface area contributed by atoms with Crippen LogP contribution in [0, 0.1) is 10.1 Å². The van der Waals surface area contributed by atoms with E-state index >= 15 is 0 Å². The maximum atomic E-state index is 10.8. The van der Waals surface area contributed by atoms with Crippen LogP contribution in [0.25, 0.3) is 0 Å². The number of hydrogen-bond donors (Lipinski definition) is 2. The number of carboxylic acid groups (broad SMARTS) is 1. The largest absolute Gasteiger partial charge is 0.480 e. The first-order chi connectivity index (χ1) is 7.49. The minimum Gasteiger partial charge on any atom is -0.480 e. The van der Waals surface area contributed by atoms with Gasteiger partial charge in [0.25, 0.3) is 5.69 Å². The van der Waals surface area contributed by atoms with E-state index in [4.69, 9.17) is 5.11 Å². The predicted octanol–water partition coefficient (Wildman–Crippen LogP) is 1.78. The monoisotopic (exact) mass is 286 g/mol. The predicted molar refractivity (Wildman–Crippen MR) is 59.5 cm³/mol. The second kappa shape index (κ2) is 3.75. The van der Waals surface area contributed by atoms with Crippen molar-refractivity contribution in [2.75, 3.05) is 5.32 Å². The molecule has 2 N–H and O–H groups in total. The van der Waals surface area contributed by atoms with E-state index in [9.17, 15) is 14.9 Å². The zero-order chi connectivity index (χ0) is 11.9. The number of carboxylic acids is 1. The number of hydrogen-bond acceptors (Lipinski definition) is 4. The molecule has 1 heterocycles. The van der Waals surface area contributed by atoms with Crippen molar-refractivity contribution >= 4 is 33.3 Å². The Bertz CT molecular complexity index is 489. The van der Waals surface area contributed by atoms with E-state index in [-0.39, 0.29) is 12.1 Å². The number of aliphatic carboxylic acids is 1. The van der Waals surface area contributed by atoms with Gasteiger partial charge in [0.05, 0.1) is 4.92 Å². The van der Waals surface area contributed by atoms with Crippen LogP contribution in [0.1, 0.15) is 5.56 Å². The van der Waals surface area contributed by atoms with E-state index in [2.05, 4.69) is 21.2 Å². The summed E-state index contributed by atoms with van der Waals surface area (Å²) in [5, 5.41) is 22.3. The summed E-state index contributed by atoms with van der Waals surface area (Å²) in [6, 6.07) is 2.26. The average Bonchev–Trinajstić information content (AvgIpc) is 2.59. The lowest BCUT2D eigenvalue weighted by Crippen LogP contribution is -2.26. The van der Waals surface area contributed by atoms with Gasteiger partial charge in [-0.15, -0.1) is 0 Å². The molecule has 0 saturated heterocycles. The average molecular weight is 287 g/mol. The van der Waals surface area contributed by atoms with Gasteiger partial charge in [-0.25, -0.2) is 4.79 Å². The Balaban J connectivity index is 2.48. The van der Waals surface area contributed by atoms with Crippen LogP contribution in [0.2, 0.25) is 0 Å². The van der Waals surface area contributed by atoms with E-state index in [0.29, 0.717) is 15.7 Å². The number of nitrogens with zero attached hydrogens (tertiary/aromatic N) is 1. The van der Waals surface area contributed by atoms with Crippen molar-refractivity contribution in [2.24, 2.45) is 0 Å². The molecule has 16 heavy (non-hydrogen) atoms. The highest BCUT2D eigenvalue weighted by Crippen LogP contribution is 2.37. The zero-order valence-electron chi connectivity index (χ0n) is 7.94. The molecule has 0 aromatic heterocycles. The zero-order valence-corrected chi connectivity index (χ0v) is 9.52. The maximum Gasteiger partial charge on any atom is 0.326 e. The number of anilines is 1. The normalized spacial score (nSPS) is 17.7. The Labute approximate surface area is 98.5 Å². The number of nitro benzene ring substituents is 1. The molecule has 0 bridgehead atoms. The topological polar surface area (TPSA) is 92.5 Å². The fourth-order valence-corrected chi connectivity index (χ4v) is 2.21. The molecule has 84 valence electrons. The van der Waals surface area contributed by atoms with Gasteiger partial charge in [0.2, 0.25) is 0 Å². The highest BCUT2D eigenvalue weighted by atomic mass is 79.9. The molecule has 0 amide bonds. The quantitative estimate of drug-likeness (QED) is 0.639. The minimum absolute atomic E-state index is 0.104. The Morgan fingerprint density at radius 1 is 1.62 bits per heavy atom. The van der Waals surface area contributed by atoms with Gasteiger partial charge in [-0.2, -0.15) is 0 Å². The molecule has 0 saturated carbocycles. The number of nitrogens with one attached hydrogen (secondary N) is 1. The van der Waals surface area contributed by atoms with Crippen LogP contribution < -0.4 is 5.32 Å². The summed E-state index contributed by atoms with van der Waals surface area (Å²) < 4.78 is 0.575. The van der Waals surface area contributed by atoms with Gasteiger partial charge in [-0.05, 0) is 11.6 Å². The first kappa shape index (κ1) is 10.9. The Kier molecular flexibility index (Phi) is 2.55. The Hall–Kier alpha value is -1.63. The molecule has 1 aromatic carbocycles. The highest BCUT2D eigenvalue weighted by molar-refractivity contribution is 9.10. The summed E-state index contributed by atoms with van der Waals surface area (Å²) in [6.07, 6.45) is 0.255. The highest BCUT2D eigenvalue weighted by Gasteiger charge is 2.32. The van der Waals surface area contributed by atoms with Gasteiger partial charge >= 0.3 is 5.97 Å². The van der Waals surface area contributed by atoms with Crippen LogP contribution in [0.5, 0.6) is 0 Å². The Morgan fingerprint density at radius 2 is 2.31 bits per heavy atom. The summed E-state index contributed by atoms with van der Waals surface area (Å²) in [6.45, 7) is 0. The first-order valence-electron chi connectivity index (χ1n) is 4.45. The van der Waals surface area contributed by atoms with Crippen molar-refractivity contribution in [3.8, 4) is 0 Å². The van der Waals surface area contributed by atoms with Gasteiger partial charge in [-0.3, -0.25) is 10.1 Å². The first-order valence-corrected chi connectivity index (χ1v) is 5.24. The molecule has 1 unspecified atom stereocenters. The molecule has 1 aromatic rings. The maximum absolute atomic E-state index is 10.8. The molecule has 2 rings (SSSR count). The van der Waals surface area contributed by atoms with E-state index in [0.717, 1.165) is 0 Å². The third-order valence-electron chi connectivity index (χ3n) is 2.40. The lowest BCUT2D eigenvalue weighted by atomic mass is 10.1. The van der Waals surface area contributed by atoms with Crippen LogP contribution in [-0.4, -0.2) is 22.0 Å². The van der Waals surface area contributed by atoms with Crippen LogP contribution in [0.15, 0.2) is 16.6 Å². The van der Waals surface area contributed by atoms with E-state index < -0.39 is 16.9 Å². The molecule has 0 spiro atoms. The second-order valence-corrected chi connectivity index (χ2v) is 4.37. The molecule has 0 radical (unpaired) electrons. The van der Waals surface area contributed by atoms with Gasteiger partial charge in [0.1, 0.15) is 11.7 Å². The molecule has 1 atom stereocenters. The van der Waals surface area contributed by atoms with Crippen LogP contribution in [0.4, 0.5) is 11.4 Å². The smallest absolute Gasteiger partial charge is 0.326 e. The summed E-state index contributed by atoms with van der Waals surface area (Å²) in [7, 11) is 0.